The van der Waals surface area contributed by atoms with Crippen LogP contribution in [0.15, 0.2) is 61.1 Å². The molecule has 3 aromatic heterocycles. The predicted molar refractivity (Wildman–Crippen MR) is 162 cm³/mol. The van der Waals surface area contributed by atoms with Crippen molar-refractivity contribution in [2.75, 3.05) is 13.1 Å². The summed E-state index contributed by atoms with van der Waals surface area (Å²) in [6.07, 6.45) is 4.92. The highest BCUT2D eigenvalue weighted by Crippen LogP contribution is 2.26. The van der Waals surface area contributed by atoms with Gasteiger partial charge in [-0.25, -0.2) is 28.5 Å². The first-order valence-corrected chi connectivity index (χ1v) is 14.9. The molecule has 1 saturated heterocycles. The lowest BCUT2D eigenvalue weighted by Crippen LogP contribution is -2.38. The fraction of sp³-hybridized carbons (Fsp3) is 0.303. The standard InChI is InChI=1S/C33H31F2N7O4/c1-2-41-20-37-16-23(41)17-42-31(38-28-6-7-29(33(43)44)39-32(28)42)18-40-11-9-24(10-12-40)46-25-4-5-26(34)22(14-25)19-45-30-8-3-21(15-36)13-27(30)35/h3-8,13-14,16,20,24H,2,9-12,17-19H2,1H3,(H,43,44). The number of likely N-dealkylation sites (tertiary alicyclic amines) is 1. The number of nitrogens with zero attached hydrogens (tertiary/aromatic N) is 7. The first-order valence-electron chi connectivity index (χ1n) is 14.9. The number of aryl methyl sites for hydroxylation is 1. The minimum atomic E-state index is -1.10. The van der Waals surface area contributed by atoms with E-state index >= 15 is 0 Å². The number of hydrogen-bond donors (Lipinski definition) is 1. The van der Waals surface area contributed by atoms with Crippen molar-refractivity contribution in [2.45, 2.75) is 52.1 Å². The first-order chi connectivity index (χ1) is 22.3. The Morgan fingerprint density at radius 2 is 1.89 bits per heavy atom. The Labute approximate surface area is 263 Å². The number of carbonyl (C=O) groups is 1. The highest BCUT2D eigenvalue weighted by atomic mass is 19.1. The molecule has 4 heterocycles. The fourth-order valence-electron chi connectivity index (χ4n) is 5.54. The van der Waals surface area contributed by atoms with Crippen LogP contribution in [-0.4, -0.2) is 59.3 Å². The molecule has 0 radical (unpaired) electrons. The van der Waals surface area contributed by atoms with Crippen molar-refractivity contribution in [1.29, 1.82) is 5.26 Å². The molecule has 1 fully saturated rings. The van der Waals surface area contributed by atoms with Gasteiger partial charge in [0.05, 0.1) is 36.7 Å². The third-order valence-corrected chi connectivity index (χ3v) is 8.01. The summed E-state index contributed by atoms with van der Waals surface area (Å²) in [4.78, 5) is 27.4. The zero-order valence-corrected chi connectivity index (χ0v) is 25.1. The topological polar surface area (TPSA) is 131 Å². The molecule has 0 bridgehead atoms. The smallest absolute Gasteiger partial charge is 0.354 e. The zero-order chi connectivity index (χ0) is 32.2. The molecule has 1 N–H and O–H groups in total. The Morgan fingerprint density at radius 1 is 1.07 bits per heavy atom. The van der Waals surface area contributed by atoms with Crippen LogP contribution in [0.25, 0.3) is 11.2 Å². The summed E-state index contributed by atoms with van der Waals surface area (Å²) in [5, 5.41) is 18.4. The largest absolute Gasteiger partial charge is 0.490 e. The second kappa shape index (κ2) is 13.3. The number of pyridine rings is 1. The molecule has 0 saturated carbocycles. The molecule has 0 atom stereocenters. The van der Waals surface area contributed by atoms with E-state index < -0.39 is 17.6 Å². The van der Waals surface area contributed by atoms with Crippen LogP contribution in [-0.2, 0) is 26.2 Å². The normalized spacial score (nSPS) is 14.0. The number of piperidine rings is 1. The first kappa shape index (κ1) is 30.7. The summed E-state index contributed by atoms with van der Waals surface area (Å²) >= 11 is 0. The monoisotopic (exact) mass is 627 g/mol. The van der Waals surface area contributed by atoms with Gasteiger partial charge in [0, 0.05) is 31.4 Å². The molecule has 0 amide bonds. The molecule has 0 spiro atoms. The van der Waals surface area contributed by atoms with E-state index in [0.717, 1.165) is 50.1 Å². The number of hydrogen-bond acceptors (Lipinski definition) is 8. The van der Waals surface area contributed by atoms with Crippen LogP contribution in [0.2, 0.25) is 0 Å². The van der Waals surface area contributed by atoms with Gasteiger partial charge in [-0.15, -0.1) is 0 Å². The Kier molecular flexibility index (Phi) is 8.89. The van der Waals surface area contributed by atoms with Crippen LogP contribution in [0.4, 0.5) is 8.78 Å². The number of fused-ring (bicyclic) bond motifs is 1. The van der Waals surface area contributed by atoms with Gasteiger partial charge in [-0.3, -0.25) is 4.90 Å². The van der Waals surface area contributed by atoms with Crippen molar-refractivity contribution in [2.24, 2.45) is 0 Å². The summed E-state index contributed by atoms with van der Waals surface area (Å²) in [6, 6.07) is 13.3. The Hall–Kier alpha value is -5.35. The molecule has 0 aliphatic carbocycles. The summed E-state index contributed by atoms with van der Waals surface area (Å²) in [7, 11) is 0. The maximum atomic E-state index is 14.5. The Morgan fingerprint density at radius 3 is 2.63 bits per heavy atom. The van der Waals surface area contributed by atoms with Crippen molar-refractivity contribution in [3.05, 3.63) is 101 Å². The van der Waals surface area contributed by atoms with Gasteiger partial charge < -0.3 is 23.7 Å². The number of nitriles is 1. The molecule has 6 rings (SSSR count). The number of ether oxygens (including phenoxy) is 2. The highest BCUT2D eigenvalue weighted by Gasteiger charge is 2.24. The van der Waals surface area contributed by atoms with Gasteiger partial charge in [0.2, 0.25) is 0 Å². The average molecular weight is 628 g/mol. The van der Waals surface area contributed by atoms with E-state index in [1.54, 1.807) is 30.7 Å². The summed E-state index contributed by atoms with van der Waals surface area (Å²) in [6.45, 7) is 5.01. The van der Waals surface area contributed by atoms with Crippen LogP contribution in [0.3, 0.4) is 0 Å². The summed E-state index contributed by atoms with van der Waals surface area (Å²) in [5.74, 6) is -1.09. The van der Waals surface area contributed by atoms with Gasteiger partial charge in [0.1, 0.15) is 35.6 Å². The molecule has 13 heteroatoms. The molecular formula is C33H31F2N7O4. The predicted octanol–water partition coefficient (Wildman–Crippen LogP) is 5.17. The SMILES string of the molecule is CCn1cncc1Cn1c(CN2CCC(Oc3ccc(F)c(COc4ccc(C#N)cc4F)c3)CC2)nc2ccc(C(=O)O)nc21. The lowest BCUT2D eigenvalue weighted by atomic mass is 10.1. The lowest BCUT2D eigenvalue weighted by Gasteiger charge is -2.32. The van der Waals surface area contributed by atoms with Crippen molar-refractivity contribution in [3.8, 4) is 17.6 Å². The van der Waals surface area contributed by atoms with Gasteiger partial charge >= 0.3 is 5.97 Å². The average Bonchev–Trinajstić information content (AvgIpc) is 3.66. The van der Waals surface area contributed by atoms with Crippen LogP contribution < -0.4 is 9.47 Å². The second-order valence-electron chi connectivity index (χ2n) is 11.0. The van der Waals surface area contributed by atoms with E-state index in [1.165, 1.54) is 24.3 Å². The lowest BCUT2D eigenvalue weighted by molar-refractivity contribution is 0.0691. The van der Waals surface area contributed by atoms with E-state index in [2.05, 4.69) is 14.9 Å². The summed E-state index contributed by atoms with van der Waals surface area (Å²) < 4.78 is 44.4. The quantitative estimate of drug-likeness (QED) is 0.211. The van der Waals surface area contributed by atoms with Crippen molar-refractivity contribution >= 4 is 17.1 Å². The van der Waals surface area contributed by atoms with Crippen LogP contribution in [0, 0.1) is 23.0 Å². The van der Waals surface area contributed by atoms with Gasteiger partial charge in [-0.05, 0) is 68.3 Å². The molecule has 1 aliphatic rings. The van der Waals surface area contributed by atoms with Crippen LogP contribution >= 0.6 is 0 Å². The number of carboxylic acids is 1. The Balaban J connectivity index is 1.11. The van der Waals surface area contributed by atoms with Crippen LogP contribution in [0.1, 0.15) is 52.9 Å². The van der Waals surface area contributed by atoms with E-state index in [9.17, 15) is 18.7 Å². The van der Waals surface area contributed by atoms with Crippen molar-refractivity contribution in [3.63, 3.8) is 0 Å². The van der Waals surface area contributed by atoms with Gasteiger partial charge in [-0.1, -0.05) is 0 Å². The van der Waals surface area contributed by atoms with Crippen molar-refractivity contribution in [1.82, 2.24) is 29.0 Å². The number of benzene rings is 2. The molecule has 236 valence electrons. The Bertz CT molecular complexity index is 1930. The minimum Gasteiger partial charge on any atom is -0.490 e. The van der Waals surface area contributed by atoms with Crippen LogP contribution in [0.5, 0.6) is 11.5 Å². The molecule has 11 nitrogen and oxygen atoms in total. The number of imidazole rings is 2. The number of halogens is 2. The third kappa shape index (κ3) is 6.67. The zero-order valence-electron chi connectivity index (χ0n) is 25.1. The highest BCUT2D eigenvalue weighted by molar-refractivity contribution is 5.88. The van der Waals surface area contributed by atoms with Gasteiger partial charge in [0.25, 0.3) is 0 Å². The molecule has 5 aromatic rings. The van der Waals surface area contributed by atoms with Gasteiger partial charge in [-0.2, -0.15) is 5.26 Å². The van der Waals surface area contributed by atoms with E-state index in [-0.39, 0.29) is 35.3 Å². The number of rotatable bonds is 11. The number of aromatic nitrogens is 5. The summed E-state index contributed by atoms with van der Waals surface area (Å²) in [5.41, 5.74) is 2.45. The fourth-order valence-corrected chi connectivity index (χ4v) is 5.54. The molecule has 2 aromatic carbocycles. The maximum absolute atomic E-state index is 14.5. The van der Waals surface area contributed by atoms with E-state index in [4.69, 9.17) is 19.7 Å². The third-order valence-electron chi connectivity index (χ3n) is 8.01. The number of aromatic carboxylic acids is 1. The molecule has 46 heavy (non-hydrogen) atoms. The van der Waals surface area contributed by atoms with E-state index in [1.807, 2.05) is 22.1 Å². The van der Waals surface area contributed by atoms with Gasteiger partial charge in [0.15, 0.2) is 22.9 Å². The second-order valence-corrected chi connectivity index (χ2v) is 11.0. The molecule has 0 unspecified atom stereocenters. The maximum Gasteiger partial charge on any atom is 0.354 e. The molecular weight excluding hydrogens is 596 g/mol. The number of carboxylic acid groups (broad SMARTS) is 1. The van der Waals surface area contributed by atoms with Crippen molar-refractivity contribution < 1.29 is 28.2 Å². The van der Waals surface area contributed by atoms with E-state index in [0.29, 0.717) is 30.0 Å². The minimum absolute atomic E-state index is 0.0425. The molecule has 1 aliphatic heterocycles.